The van der Waals surface area contributed by atoms with E-state index >= 15 is 0 Å². The fraction of sp³-hybridized carbons (Fsp3) is 0.385. The first kappa shape index (κ1) is 13.4. The largest absolute Gasteiger partial charge is 0.495 e. The SMILES string of the molecule is COc1ccccc1NC(=O)CC1NCCNC1=O. The number of benzene rings is 1. The molecule has 0 aliphatic carbocycles. The molecular formula is C13H17N3O3. The molecule has 1 heterocycles. The molecule has 3 N–H and O–H groups in total. The van der Waals surface area contributed by atoms with Crippen molar-refractivity contribution in [2.75, 3.05) is 25.5 Å². The molecule has 6 heteroatoms. The van der Waals surface area contributed by atoms with Gasteiger partial charge < -0.3 is 20.7 Å². The molecule has 19 heavy (non-hydrogen) atoms. The van der Waals surface area contributed by atoms with Gasteiger partial charge in [-0.05, 0) is 12.1 Å². The lowest BCUT2D eigenvalue weighted by atomic mass is 10.1. The normalized spacial score (nSPS) is 18.6. The van der Waals surface area contributed by atoms with Crippen molar-refractivity contribution >= 4 is 17.5 Å². The first-order chi connectivity index (χ1) is 9.20. The van der Waals surface area contributed by atoms with Crippen LogP contribution in [0.2, 0.25) is 0 Å². The van der Waals surface area contributed by atoms with Gasteiger partial charge >= 0.3 is 0 Å². The zero-order valence-electron chi connectivity index (χ0n) is 10.7. The molecule has 1 aliphatic rings. The molecule has 1 aromatic rings. The number of hydrogen-bond donors (Lipinski definition) is 3. The lowest BCUT2D eigenvalue weighted by Gasteiger charge is -2.23. The Bertz CT molecular complexity index is 476. The molecule has 1 atom stereocenters. The monoisotopic (exact) mass is 263 g/mol. The Balaban J connectivity index is 1.95. The lowest BCUT2D eigenvalue weighted by Crippen LogP contribution is -2.53. The molecule has 0 bridgehead atoms. The predicted molar refractivity (Wildman–Crippen MR) is 71.0 cm³/mol. The minimum absolute atomic E-state index is 0.101. The van der Waals surface area contributed by atoms with E-state index in [1.165, 1.54) is 0 Å². The topological polar surface area (TPSA) is 79.5 Å². The number of piperazine rings is 1. The predicted octanol–water partition coefficient (Wildman–Crippen LogP) is 0.112. The molecule has 1 aliphatic heterocycles. The van der Waals surface area contributed by atoms with Gasteiger partial charge in [-0.15, -0.1) is 0 Å². The molecule has 1 fully saturated rings. The van der Waals surface area contributed by atoms with E-state index in [1.54, 1.807) is 19.2 Å². The summed E-state index contributed by atoms with van der Waals surface area (Å²) >= 11 is 0. The summed E-state index contributed by atoms with van der Waals surface area (Å²) in [6.45, 7) is 1.28. The third-order valence-electron chi connectivity index (χ3n) is 2.90. The van der Waals surface area contributed by atoms with E-state index < -0.39 is 6.04 Å². The minimum Gasteiger partial charge on any atom is -0.495 e. The Morgan fingerprint density at radius 3 is 2.95 bits per heavy atom. The molecule has 0 aromatic heterocycles. The van der Waals surface area contributed by atoms with Crippen LogP contribution in [0.15, 0.2) is 24.3 Å². The zero-order valence-corrected chi connectivity index (χ0v) is 10.7. The van der Waals surface area contributed by atoms with Crippen molar-refractivity contribution in [3.63, 3.8) is 0 Å². The van der Waals surface area contributed by atoms with Gasteiger partial charge in [0.05, 0.1) is 25.3 Å². The molecular weight excluding hydrogens is 246 g/mol. The summed E-state index contributed by atoms with van der Waals surface area (Å²) in [5, 5.41) is 8.47. The third-order valence-corrected chi connectivity index (χ3v) is 2.90. The molecule has 102 valence electrons. The molecule has 2 amide bonds. The second kappa shape index (κ2) is 6.19. The number of hydrogen-bond acceptors (Lipinski definition) is 4. The van der Waals surface area contributed by atoms with Gasteiger partial charge in [-0.25, -0.2) is 0 Å². The Morgan fingerprint density at radius 2 is 2.21 bits per heavy atom. The van der Waals surface area contributed by atoms with E-state index in [9.17, 15) is 9.59 Å². The molecule has 0 spiro atoms. The summed E-state index contributed by atoms with van der Waals surface area (Å²) in [5.74, 6) is 0.234. The highest BCUT2D eigenvalue weighted by molar-refractivity contribution is 5.96. The minimum atomic E-state index is -0.469. The van der Waals surface area contributed by atoms with E-state index in [0.717, 1.165) is 0 Å². The number of ether oxygens (including phenoxy) is 1. The Morgan fingerprint density at radius 1 is 1.42 bits per heavy atom. The highest BCUT2D eigenvalue weighted by Gasteiger charge is 2.24. The van der Waals surface area contributed by atoms with Crippen LogP contribution in [-0.4, -0.2) is 38.1 Å². The van der Waals surface area contributed by atoms with Crippen LogP contribution < -0.4 is 20.7 Å². The second-order valence-corrected chi connectivity index (χ2v) is 4.25. The maximum absolute atomic E-state index is 11.9. The van der Waals surface area contributed by atoms with Crippen molar-refractivity contribution < 1.29 is 14.3 Å². The van der Waals surface area contributed by atoms with Crippen molar-refractivity contribution in [1.29, 1.82) is 0 Å². The van der Waals surface area contributed by atoms with E-state index in [-0.39, 0.29) is 18.2 Å². The van der Waals surface area contributed by atoms with Crippen LogP contribution in [0.25, 0.3) is 0 Å². The molecule has 2 rings (SSSR count). The summed E-state index contributed by atoms with van der Waals surface area (Å²) < 4.78 is 5.15. The Hall–Kier alpha value is -2.08. The smallest absolute Gasteiger partial charge is 0.237 e. The maximum Gasteiger partial charge on any atom is 0.237 e. The average molecular weight is 263 g/mol. The fourth-order valence-electron chi connectivity index (χ4n) is 1.95. The first-order valence-electron chi connectivity index (χ1n) is 6.14. The standard InChI is InChI=1S/C13H17N3O3/c1-19-11-5-3-2-4-9(11)16-12(17)8-10-13(18)15-7-6-14-10/h2-5,10,14H,6-8H2,1H3,(H,15,18)(H,16,17). The van der Waals surface area contributed by atoms with Gasteiger partial charge in [0.25, 0.3) is 0 Å². The van der Waals surface area contributed by atoms with Crippen molar-refractivity contribution in [3.8, 4) is 5.75 Å². The van der Waals surface area contributed by atoms with Crippen LogP contribution in [0.1, 0.15) is 6.42 Å². The van der Waals surface area contributed by atoms with Crippen molar-refractivity contribution in [3.05, 3.63) is 24.3 Å². The van der Waals surface area contributed by atoms with Crippen LogP contribution in [0.5, 0.6) is 5.75 Å². The van der Waals surface area contributed by atoms with Gasteiger partial charge in [-0.2, -0.15) is 0 Å². The van der Waals surface area contributed by atoms with Gasteiger partial charge in [0.15, 0.2) is 0 Å². The van der Waals surface area contributed by atoms with Crippen LogP contribution >= 0.6 is 0 Å². The Labute approximate surface area is 111 Å². The van der Waals surface area contributed by atoms with Crippen molar-refractivity contribution in [2.24, 2.45) is 0 Å². The number of carbonyl (C=O) groups is 2. The lowest BCUT2D eigenvalue weighted by molar-refractivity contribution is -0.127. The fourth-order valence-corrected chi connectivity index (χ4v) is 1.95. The van der Waals surface area contributed by atoms with E-state index in [0.29, 0.717) is 24.5 Å². The highest BCUT2D eigenvalue weighted by atomic mass is 16.5. The van der Waals surface area contributed by atoms with Crippen LogP contribution in [0.4, 0.5) is 5.69 Å². The quantitative estimate of drug-likeness (QED) is 0.720. The number of anilines is 1. The summed E-state index contributed by atoms with van der Waals surface area (Å²) in [6, 6.07) is 6.68. The maximum atomic E-state index is 11.9. The summed E-state index contributed by atoms with van der Waals surface area (Å²) in [7, 11) is 1.54. The van der Waals surface area contributed by atoms with E-state index in [2.05, 4.69) is 16.0 Å². The molecule has 1 aromatic carbocycles. The van der Waals surface area contributed by atoms with E-state index in [4.69, 9.17) is 4.74 Å². The first-order valence-corrected chi connectivity index (χ1v) is 6.14. The number of rotatable bonds is 4. The van der Waals surface area contributed by atoms with Gasteiger partial charge in [0, 0.05) is 13.1 Å². The molecule has 6 nitrogen and oxygen atoms in total. The highest BCUT2D eigenvalue weighted by Crippen LogP contribution is 2.23. The summed E-state index contributed by atoms with van der Waals surface area (Å²) in [4.78, 5) is 23.4. The Kier molecular flexibility index (Phi) is 4.35. The number of nitrogens with one attached hydrogen (secondary N) is 3. The number of amides is 2. The van der Waals surface area contributed by atoms with Crippen molar-refractivity contribution in [2.45, 2.75) is 12.5 Å². The molecule has 0 radical (unpaired) electrons. The second-order valence-electron chi connectivity index (χ2n) is 4.25. The molecule has 1 unspecified atom stereocenters. The molecule has 1 saturated heterocycles. The van der Waals surface area contributed by atoms with Crippen LogP contribution in [0, 0.1) is 0 Å². The van der Waals surface area contributed by atoms with Crippen LogP contribution in [-0.2, 0) is 9.59 Å². The van der Waals surface area contributed by atoms with Gasteiger partial charge in [0.1, 0.15) is 5.75 Å². The zero-order chi connectivity index (χ0) is 13.7. The van der Waals surface area contributed by atoms with Gasteiger partial charge in [-0.1, -0.05) is 12.1 Å². The number of para-hydroxylation sites is 2. The van der Waals surface area contributed by atoms with Gasteiger partial charge in [-0.3, -0.25) is 9.59 Å². The van der Waals surface area contributed by atoms with Gasteiger partial charge in [0.2, 0.25) is 11.8 Å². The molecule has 0 saturated carbocycles. The number of carbonyl (C=O) groups excluding carboxylic acids is 2. The average Bonchev–Trinajstić information content (AvgIpc) is 2.42. The van der Waals surface area contributed by atoms with Crippen LogP contribution in [0.3, 0.4) is 0 Å². The van der Waals surface area contributed by atoms with E-state index in [1.807, 2.05) is 12.1 Å². The number of methoxy groups -OCH3 is 1. The summed E-state index contributed by atoms with van der Waals surface area (Å²) in [5.41, 5.74) is 0.603. The third kappa shape index (κ3) is 3.45. The summed E-state index contributed by atoms with van der Waals surface area (Å²) in [6.07, 6.45) is 0.101. The van der Waals surface area contributed by atoms with Crippen molar-refractivity contribution in [1.82, 2.24) is 10.6 Å².